The molecule has 0 spiro atoms. The summed E-state index contributed by atoms with van der Waals surface area (Å²) in [4.78, 5) is 17.2. The third-order valence-corrected chi connectivity index (χ3v) is 4.54. The summed E-state index contributed by atoms with van der Waals surface area (Å²) in [6.07, 6.45) is 0.249. The summed E-state index contributed by atoms with van der Waals surface area (Å²) < 4.78 is 0. The Bertz CT molecular complexity index is 891. The normalized spacial score (nSPS) is 12.1. The molecule has 2 N–H and O–H groups in total. The average Bonchev–Trinajstić information content (AvgIpc) is 2.64. The third kappa shape index (κ3) is 3.69. The standard InChI is InChI=1S/C21H22N2O2/c1-14-17-10-6-7-11-19(17)22-15(2)18(14)12-21(25)23-20(13-24)16-8-4-3-5-9-16/h3-11,20,24H,12-13H2,1-2H3,(H,23,25). The first kappa shape index (κ1) is 17.1. The maximum atomic E-state index is 12.5. The van der Waals surface area contributed by atoms with Crippen LogP contribution < -0.4 is 5.32 Å². The molecule has 0 bridgehead atoms. The van der Waals surface area contributed by atoms with E-state index >= 15 is 0 Å². The Labute approximate surface area is 147 Å². The minimum atomic E-state index is -0.400. The number of rotatable bonds is 5. The van der Waals surface area contributed by atoms with Gasteiger partial charge in [-0.05, 0) is 36.6 Å². The quantitative estimate of drug-likeness (QED) is 0.753. The van der Waals surface area contributed by atoms with Crippen LogP contribution in [0.25, 0.3) is 10.9 Å². The highest BCUT2D eigenvalue weighted by Crippen LogP contribution is 2.23. The van der Waals surface area contributed by atoms with Crippen molar-refractivity contribution < 1.29 is 9.90 Å². The molecule has 25 heavy (non-hydrogen) atoms. The number of fused-ring (bicyclic) bond motifs is 1. The lowest BCUT2D eigenvalue weighted by Gasteiger charge is -2.18. The molecular formula is C21H22N2O2. The number of aliphatic hydroxyl groups is 1. The number of benzene rings is 2. The summed E-state index contributed by atoms with van der Waals surface area (Å²) in [5.41, 5.74) is 4.73. The van der Waals surface area contributed by atoms with Crippen molar-refractivity contribution in [3.05, 3.63) is 77.0 Å². The fourth-order valence-electron chi connectivity index (χ4n) is 3.16. The van der Waals surface area contributed by atoms with Gasteiger partial charge in [0.05, 0.1) is 24.6 Å². The fourth-order valence-corrected chi connectivity index (χ4v) is 3.16. The SMILES string of the molecule is Cc1nc2ccccc2c(C)c1CC(=O)NC(CO)c1ccccc1. The molecule has 3 rings (SSSR count). The number of amides is 1. The van der Waals surface area contributed by atoms with Gasteiger partial charge in [-0.15, -0.1) is 0 Å². The number of carbonyl (C=O) groups is 1. The van der Waals surface area contributed by atoms with Crippen LogP contribution in [-0.4, -0.2) is 22.6 Å². The second-order valence-electron chi connectivity index (χ2n) is 6.21. The molecule has 0 aliphatic heterocycles. The molecule has 1 heterocycles. The van der Waals surface area contributed by atoms with Crippen LogP contribution in [0.3, 0.4) is 0 Å². The molecule has 4 nitrogen and oxygen atoms in total. The van der Waals surface area contributed by atoms with E-state index in [4.69, 9.17) is 0 Å². The van der Waals surface area contributed by atoms with E-state index in [0.29, 0.717) is 0 Å². The van der Waals surface area contributed by atoms with Gasteiger partial charge < -0.3 is 10.4 Å². The number of aryl methyl sites for hydroxylation is 2. The van der Waals surface area contributed by atoms with Crippen molar-refractivity contribution in [1.29, 1.82) is 0 Å². The van der Waals surface area contributed by atoms with Crippen molar-refractivity contribution in [3.63, 3.8) is 0 Å². The van der Waals surface area contributed by atoms with Crippen molar-refractivity contribution in [2.24, 2.45) is 0 Å². The predicted octanol–water partition coefficient (Wildman–Crippen LogP) is 3.24. The number of hydrogen-bond acceptors (Lipinski definition) is 3. The molecule has 0 saturated heterocycles. The predicted molar refractivity (Wildman–Crippen MR) is 99.3 cm³/mol. The third-order valence-electron chi connectivity index (χ3n) is 4.54. The molecule has 2 aromatic carbocycles. The summed E-state index contributed by atoms with van der Waals surface area (Å²) in [5.74, 6) is -0.119. The number of aromatic nitrogens is 1. The van der Waals surface area contributed by atoms with Gasteiger partial charge in [0.2, 0.25) is 5.91 Å². The lowest BCUT2D eigenvalue weighted by molar-refractivity contribution is -0.121. The maximum absolute atomic E-state index is 12.5. The topological polar surface area (TPSA) is 62.2 Å². The molecule has 0 saturated carbocycles. The van der Waals surface area contributed by atoms with Gasteiger partial charge in [-0.1, -0.05) is 48.5 Å². The van der Waals surface area contributed by atoms with Gasteiger partial charge in [-0.3, -0.25) is 9.78 Å². The van der Waals surface area contributed by atoms with Crippen molar-refractivity contribution in [3.8, 4) is 0 Å². The van der Waals surface area contributed by atoms with Crippen LogP contribution in [0.2, 0.25) is 0 Å². The Morgan fingerprint density at radius 1 is 1.08 bits per heavy atom. The van der Waals surface area contributed by atoms with E-state index in [1.165, 1.54) is 0 Å². The van der Waals surface area contributed by atoms with E-state index in [1.54, 1.807) is 0 Å². The van der Waals surface area contributed by atoms with Gasteiger partial charge in [0.15, 0.2) is 0 Å². The number of hydrogen-bond donors (Lipinski definition) is 2. The van der Waals surface area contributed by atoms with Crippen molar-refractivity contribution >= 4 is 16.8 Å². The molecule has 1 unspecified atom stereocenters. The monoisotopic (exact) mass is 334 g/mol. The number of nitrogens with one attached hydrogen (secondary N) is 1. The van der Waals surface area contributed by atoms with Crippen LogP contribution in [0.4, 0.5) is 0 Å². The molecule has 4 heteroatoms. The summed E-state index contributed by atoms with van der Waals surface area (Å²) in [7, 11) is 0. The highest BCUT2D eigenvalue weighted by molar-refractivity contribution is 5.86. The van der Waals surface area contributed by atoms with Crippen LogP contribution >= 0.6 is 0 Å². The molecule has 1 aromatic heterocycles. The lowest BCUT2D eigenvalue weighted by Crippen LogP contribution is -2.32. The maximum Gasteiger partial charge on any atom is 0.225 e. The molecule has 1 atom stereocenters. The Morgan fingerprint density at radius 3 is 2.48 bits per heavy atom. The Kier molecular flexibility index (Phi) is 5.10. The van der Waals surface area contributed by atoms with E-state index in [0.717, 1.165) is 33.3 Å². The van der Waals surface area contributed by atoms with Gasteiger partial charge in [-0.25, -0.2) is 0 Å². The van der Waals surface area contributed by atoms with E-state index in [1.807, 2.05) is 68.4 Å². The molecule has 1 amide bonds. The van der Waals surface area contributed by atoms with Gasteiger partial charge in [0.1, 0.15) is 0 Å². The van der Waals surface area contributed by atoms with Crippen LogP contribution in [0.5, 0.6) is 0 Å². The number of nitrogens with zero attached hydrogens (tertiary/aromatic N) is 1. The van der Waals surface area contributed by atoms with E-state index < -0.39 is 6.04 Å². The molecular weight excluding hydrogens is 312 g/mol. The highest BCUT2D eigenvalue weighted by atomic mass is 16.3. The summed E-state index contributed by atoms with van der Waals surface area (Å²) in [5, 5.41) is 13.6. The first-order valence-electron chi connectivity index (χ1n) is 8.40. The second kappa shape index (κ2) is 7.45. The number of aliphatic hydroxyl groups excluding tert-OH is 1. The molecule has 0 radical (unpaired) electrons. The van der Waals surface area contributed by atoms with Gasteiger partial charge >= 0.3 is 0 Å². The number of pyridine rings is 1. The lowest BCUT2D eigenvalue weighted by atomic mass is 9.99. The van der Waals surface area contributed by atoms with Gasteiger partial charge in [-0.2, -0.15) is 0 Å². The Balaban J connectivity index is 1.82. The Morgan fingerprint density at radius 2 is 1.76 bits per heavy atom. The van der Waals surface area contributed by atoms with E-state index in [2.05, 4.69) is 10.3 Å². The number of carbonyl (C=O) groups excluding carboxylic acids is 1. The summed E-state index contributed by atoms with van der Waals surface area (Å²) in [6.45, 7) is 3.83. The van der Waals surface area contributed by atoms with Gasteiger partial charge in [0.25, 0.3) is 0 Å². The second-order valence-corrected chi connectivity index (χ2v) is 6.21. The molecule has 0 aliphatic rings. The molecule has 0 fully saturated rings. The van der Waals surface area contributed by atoms with Crippen molar-refractivity contribution in [1.82, 2.24) is 10.3 Å². The minimum Gasteiger partial charge on any atom is -0.394 e. The van der Waals surface area contributed by atoms with E-state index in [-0.39, 0.29) is 18.9 Å². The zero-order valence-electron chi connectivity index (χ0n) is 14.5. The molecule has 3 aromatic rings. The van der Waals surface area contributed by atoms with Crippen LogP contribution in [0.15, 0.2) is 54.6 Å². The zero-order chi connectivity index (χ0) is 17.8. The first-order valence-corrected chi connectivity index (χ1v) is 8.40. The number of para-hydroxylation sites is 1. The first-order chi connectivity index (χ1) is 12.1. The summed E-state index contributed by atoms with van der Waals surface area (Å²) in [6, 6.07) is 17.0. The minimum absolute atomic E-state index is 0.119. The largest absolute Gasteiger partial charge is 0.394 e. The van der Waals surface area contributed by atoms with Crippen molar-refractivity contribution in [2.45, 2.75) is 26.3 Å². The fraction of sp³-hybridized carbons (Fsp3) is 0.238. The van der Waals surface area contributed by atoms with Crippen molar-refractivity contribution in [2.75, 3.05) is 6.61 Å². The van der Waals surface area contributed by atoms with E-state index in [9.17, 15) is 9.90 Å². The smallest absolute Gasteiger partial charge is 0.225 e. The van der Waals surface area contributed by atoms with Crippen LogP contribution in [0.1, 0.15) is 28.4 Å². The highest BCUT2D eigenvalue weighted by Gasteiger charge is 2.17. The summed E-state index contributed by atoms with van der Waals surface area (Å²) >= 11 is 0. The Hall–Kier alpha value is -2.72. The average molecular weight is 334 g/mol. The van der Waals surface area contributed by atoms with Crippen LogP contribution in [-0.2, 0) is 11.2 Å². The molecule has 128 valence electrons. The molecule has 0 aliphatic carbocycles. The van der Waals surface area contributed by atoms with Gasteiger partial charge in [0, 0.05) is 11.1 Å². The van der Waals surface area contributed by atoms with Crippen LogP contribution in [0, 0.1) is 13.8 Å². The zero-order valence-corrected chi connectivity index (χ0v) is 14.5.